The summed E-state index contributed by atoms with van der Waals surface area (Å²) < 4.78 is 24.9. The second-order valence-electron chi connectivity index (χ2n) is 23.3. The Balaban J connectivity index is 1.13. The number of aliphatic hydroxyl groups excluding tert-OH is 1. The molecule has 4 saturated heterocycles. The minimum atomic E-state index is -1.54. The molecule has 4 aromatic rings. The van der Waals surface area contributed by atoms with Gasteiger partial charge in [0.25, 0.3) is 5.91 Å². The van der Waals surface area contributed by atoms with Crippen molar-refractivity contribution < 1.29 is 38.4 Å². The number of hydrogen-bond acceptors (Lipinski definition) is 14. The number of benzene rings is 1. The zero-order valence-electron chi connectivity index (χ0n) is 44.7. The summed E-state index contributed by atoms with van der Waals surface area (Å²) in [5.74, 6) is -0.853. The van der Waals surface area contributed by atoms with E-state index in [1.807, 2.05) is 31.3 Å². The van der Waals surface area contributed by atoms with E-state index in [9.17, 15) is 14.7 Å². The third-order valence-corrected chi connectivity index (χ3v) is 17.4. The minimum Gasteiger partial charge on any atom is -0.468 e. The molecule has 5 aliphatic rings. The molecular formula is C55H79N9O8Si. The predicted octanol–water partition coefficient (Wildman–Crippen LogP) is 6.81. The molecule has 2 amide bonds. The number of alkyl carbamates (subject to hydrolysis) is 1. The Morgan fingerprint density at radius 2 is 1.77 bits per heavy atom. The highest BCUT2D eigenvalue weighted by atomic mass is 28.3. The van der Waals surface area contributed by atoms with Crippen molar-refractivity contribution in [2.45, 2.75) is 122 Å². The normalized spacial score (nSPS) is 20.8. The molecule has 1 aromatic carbocycles. The quantitative estimate of drug-likeness (QED) is 0.0660. The van der Waals surface area contributed by atoms with E-state index in [-0.39, 0.29) is 24.7 Å². The first-order valence-corrected chi connectivity index (χ1v) is 30.3. The number of carbonyl (C=O) groups excluding carboxylic acids is 3. The van der Waals surface area contributed by atoms with Crippen LogP contribution in [0.1, 0.15) is 82.5 Å². The van der Waals surface area contributed by atoms with Gasteiger partial charge in [-0.3, -0.25) is 34.4 Å². The van der Waals surface area contributed by atoms with Crippen molar-refractivity contribution in [3.8, 4) is 22.5 Å². The minimum absolute atomic E-state index is 0.000792. The standard InChI is InChI=1S/C55H79N9O8Si/c1-10-63-46-19-16-37(27-40(46)42(29-54(3,4)33-65)49(63)41-28-39(30-56-47(41)36(2)69-5)61-23-21-60(22-24-61)38-17-18-38)43-13-11-14-44(57-43)50(62-31-55(32-62)34-71-35-55)48(58-53(68)72-25-26-73(7,8)9)51(66)64-20-12-15-45(59-64)52(67)70-6/h11,13-14,16,19,27-28,30,36,38,45,48,50,59,65H,10,12,15,17-18,20-26,29,31-35H2,1-9H3,(H,58,68)/t36-,45-,48-,50+/m0/s1. The summed E-state index contributed by atoms with van der Waals surface area (Å²) in [5.41, 5.74) is 11.1. The fraction of sp³-hybridized carbons (Fsp3) is 0.618. The zero-order chi connectivity index (χ0) is 51.8. The lowest BCUT2D eigenvalue weighted by Crippen LogP contribution is -2.70. The van der Waals surface area contributed by atoms with E-state index < -0.39 is 49.6 Å². The number of hydrogen-bond donors (Lipinski definition) is 3. The highest BCUT2D eigenvalue weighted by molar-refractivity contribution is 6.76. The molecule has 3 aromatic heterocycles. The Morgan fingerprint density at radius 3 is 2.41 bits per heavy atom. The number of aromatic nitrogens is 3. The maximum atomic E-state index is 15.1. The van der Waals surface area contributed by atoms with Crippen LogP contribution in [0.25, 0.3) is 33.4 Å². The second kappa shape index (κ2) is 21.7. The molecule has 4 aliphatic heterocycles. The number of amides is 2. The first-order chi connectivity index (χ1) is 34.9. The number of likely N-dealkylation sites (tertiary alicyclic amines) is 1. The van der Waals surface area contributed by atoms with Gasteiger partial charge in [0, 0.05) is 108 Å². The Hall–Kier alpha value is -4.95. The van der Waals surface area contributed by atoms with Gasteiger partial charge in [-0.25, -0.2) is 10.2 Å². The topological polar surface area (TPSA) is 176 Å². The van der Waals surface area contributed by atoms with Crippen LogP contribution in [0, 0.1) is 10.8 Å². The van der Waals surface area contributed by atoms with Gasteiger partial charge in [-0.05, 0) is 93.3 Å². The number of fused-ring (bicyclic) bond motifs is 1. The van der Waals surface area contributed by atoms with Gasteiger partial charge in [0.15, 0.2) is 0 Å². The van der Waals surface area contributed by atoms with Crippen molar-refractivity contribution >= 4 is 42.6 Å². The van der Waals surface area contributed by atoms with Crippen LogP contribution in [0.3, 0.4) is 0 Å². The largest absolute Gasteiger partial charge is 0.468 e. The summed E-state index contributed by atoms with van der Waals surface area (Å²) in [7, 11) is 1.52. The third-order valence-electron chi connectivity index (χ3n) is 15.7. The van der Waals surface area contributed by atoms with Crippen LogP contribution in [0.4, 0.5) is 10.5 Å². The van der Waals surface area contributed by atoms with Crippen LogP contribution in [-0.2, 0) is 41.5 Å². The molecule has 18 heteroatoms. The lowest BCUT2D eigenvalue weighted by Gasteiger charge is -2.58. The van der Waals surface area contributed by atoms with E-state index in [1.54, 1.807) is 7.11 Å². The third kappa shape index (κ3) is 11.5. The van der Waals surface area contributed by atoms with Crippen LogP contribution in [0.5, 0.6) is 0 Å². The molecule has 0 bridgehead atoms. The maximum Gasteiger partial charge on any atom is 0.407 e. The molecule has 1 aliphatic carbocycles. The van der Waals surface area contributed by atoms with Gasteiger partial charge in [0.05, 0.1) is 73.7 Å². The lowest BCUT2D eigenvalue weighted by molar-refractivity contribution is -0.202. The molecule has 0 unspecified atom stereocenters. The number of aryl methyl sites for hydroxylation is 1. The molecule has 4 atom stereocenters. The number of piperazine rings is 1. The molecule has 17 nitrogen and oxygen atoms in total. The SMILES string of the molecule is CCn1c(-c2cc(N3CCN(C4CC4)CC3)cnc2[C@H](C)OC)c(CC(C)(C)CO)c2cc(-c3cccc([C@H]([C@H](NC(=O)OCC[Si](C)(C)C)C(=O)N4CCC[C@@H](C(=O)OC)N4)N4CC5(COC5)C4)n3)ccc21. The zero-order valence-corrected chi connectivity index (χ0v) is 45.7. The van der Waals surface area contributed by atoms with Crippen molar-refractivity contribution in [2.75, 3.05) is 91.4 Å². The van der Waals surface area contributed by atoms with Gasteiger partial charge in [-0.15, -0.1) is 0 Å². The molecule has 9 rings (SSSR count). The van der Waals surface area contributed by atoms with Gasteiger partial charge >= 0.3 is 12.1 Å². The average molecular weight is 1020 g/mol. The van der Waals surface area contributed by atoms with Crippen molar-refractivity contribution in [3.63, 3.8) is 0 Å². The fourth-order valence-electron chi connectivity index (χ4n) is 11.2. The summed E-state index contributed by atoms with van der Waals surface area (Å²) in [6.45, 7) is 22.9. The Kier molecular flexibility index (Phi) is 15.7. The summed E-state index contributed by atoms with van der Waals surface area (Å²) in [6, 6.07) is 13.7. The number of carbonyl (C=O) groups is 3. The van der Waals surface area contributed by atoms with Crippen LogP contribution < -0.4 is 15.6 Å². The van der Waals surface area contributed by atoms with Crippen molar-refractivity contribution in [1.82, 2.24) is 40.1 Å². The number of nitrogens with one attached hydrogen (secondary N) is 2. The van der Waals surface area contributed by atoms with E-state index in [0.717, 1.165) is 82.9 Å². The number of aliphatic hydroxyl groups is 1. The number of pyridine rings is 2. The molecule has 3 N–H and O–H groups in total. The summed E-state index contributed by atoms with van der Waals surface area (Å²) >= 11 is 0. The number of nitrogens with zero attached hydrogens (tertiary/aromatic N) is 7. The molecule has 5 fully saturated rings. The number of ether oxygens (including phenoxy) is 4. The summed E-state index contributed by atoms with van der Waals surface area (Å²) in [5, 5.41) is 16.4. The highest BCUT2D eigenvalue weighted by Crippen LogP contribution is 2.45. The van der Waals surface area contributed by atoms with Gasteiger partial charge in [0.2, 0.25) is 0 Å². The van der Waals surface area contributed by atoms with Gasteiger partial charge in [0.1, 0.15) is 12.1 Å². The Labute approximate surface area is 432 Å². The molecule has 7 heterocycles. The maximum absolute atomic E-state index is 15.1. The van der Waals surface area contributed by atoms with Gasteiger partial charge < -0.3 is 38.8 Å². The molecule has 396 valence electrons. The van der Waals surface area contributed by atoms with E-state index in [2.05, 4.69) is 94.7 Å². The second-order valence-corrected chi connectivity index (χ2v) is 28.9. The first kappa shape index (κ1) is 52.9. The molecule has 1 saturated carbocycles. The van der Waals surface area contributed by atoms with E-state index in [0.29, 0.717) is 70.0 Å². The number of anilines is 1. The van der Waals surface area contributed by atoms with Crippen molar-refractivity contribution in [1.29, 1.82) is 0 Å². The smallest absolute Gasteiger partial charge is 0.407 e. The lowest BCUT2D eigenvalue weighted by atomic mass is 9.76. The van der Waals surface area contributed by atoms with Crippen LogP contribution >= 0.6 is 0 Å². The van der Waals surface area contributed by atoms with Crippen molar-refractivity contribution in [2.24, 2.45) is 10.8 Å². The Bertz CT molecular complexity index is 2630. The van der Waals surface area contributed by atoms with E-state index >= 15 is 4.79 Å². The average Bonchev–Trinajstić information content (AvgIpc) is 4.18. The molecule has 0 radical (unpaired) electrons. The predicted molar refractivity (Wildman–Crippen MR) is 285 cm³/mol. The van der Waals surface area contributed by atoms with Crippen molar-refractivity contribution in [3.05, 3.63) is 65.6 Å². The first-order valence-electron chi connectivity index (χ1n) is 26.6. The fourth-order valence-corrected chi connectivity index (χ4v) is 11.9. The Morgan fingerprint density at radius 1 is 1.01 bits per heavy atom. The molecular weight excluding hydrogens is 943 g/mol. The number of esters is 1. The monoisotopic (exact) mass is 1020 g/mol. The van der Waals surface area contributed by atoms with Gasteiger partial charge in [-0.2, -0.15) is 0 Å². The number of rotatable bonds is 19. The highest BCUT2D eigenvalue weighted by Gasteiger charge is 2.54. The summed E-state index contributed by atoms with van der Waals surface area (Å²) in [6.07, 6.45) is 5.34. The molecule has 1 spiro atoms. The van der Waals surface area contributed by atoms with E-state index in [1.165, 1.54) is 25.0 Å². The van der Waals surface area contributed by atoms with E-state index in [4.69, 9.17) is 28.9 Å². The van der Waals surface area contributed by atoms with Crippen LogP contribution in [0.2, 0.25) is 25.7 Å². The van der Waals surface area contributed by atoms with Gasteiger partial charge in [-0.1, -0.05) is 45.6 Å². The van der Waals surface area contributed by atoms with Crippen LogP contribution in [0.15, 0.2) is 48.7 Å². The molecule has 73 heavy (non-hydrogen) atoms. The number of hydrazine groups is 1. The van der Waals surface area contributed by atoms with Crippen LogP contribution in [-0.4, -0.2) is 165 Å². The number of methoxy groups -OCH3 is 2. The summed E-state index contributed by atoms with van der Waals surface area (Å²) in [4.78, 5) is 59.6.